The van der Waals surface area contributed by atoms with Crippen LogP contribution in [0.4, 0.5) is 4.39 Å². The van der Waals surface area contributed by atoms with Crippen LogP contribution in [0, 0.1) is 5.82 Å². The summed E-state index contributed by atoms with van der Waals surface area (Å²) in [5.74, 6) is -0.453. The quantitative estimate of drug-likeness (QED) is 0.778. The van der Waals surface area contributed by atoms with E-state index in [2.05, 4.69) is 9.97 Å². The number of nitrogens with zero attached hydrogens (tertiary/aromatic N) is 2. The first-order valence-electron chi connectivity index (χ1n) is 6.18. The van der Waals surface area contributed by atoms with Gasteiger partial charge in [0.25, 0.3) is 0 Å². The van der Waals surface area contributed by atoms with Crippen LogP contribution in [0.1, 0.15) is 19.4 Å². The van der Waals surface area contributed by atoms with Gasteiger partial charge in [-0.25, -0.2) is 14.4 Å². The molecule has 2 aromatic heterocycles. The van der Waals surface area contributed by atoms with Gasteiger partial charge in [-0.2, -0.15) is 0 Å². The van der Waals surface area contributed by atoms with Crippen LogP contribution >= 0.6 is 0 Å². The van der Waals surface area contributed by atoms with Crippen LogP contribution in [0.2, 0.25) is 0 Å². The fourth-order valence-electron chi connectivity index (χ4n) is 2.14. The van der Waals surface area contributed by atoms with Crippen LogP contribution < -0.4 is 0 Å². The molecule has 20 heavy (non-hydrogen) atoms. The molecule has 5 heteroatoms. The molecule has 0 aliphatic heterocycles. The van der Waals surface area contributed by atoms with Gasteiger partial charge in [-0.1, -0.05) is 0 Å². The van der Waals surface area contributed by atoms with Gasteiger partial charge in [0, 0.05) is 17.2 Å². The van der Waals surface area contributed by atoms with Crippen molar-refractivity contribution in [2.75, 3.05) is 0 Å². The number of hydrogen-bond acceptors (Lipinski definition) is 4. The van der Waals surface area contributed by atoms with Gasteiger partial charge in [0.05, 0.1) is 11.9 Å². The highest BCUT2D eigenvalue weighted by Gasteiger charge is 2.22. The largest absolute Gasteiger partial charge is 0.460 e. The van der Waals surface area contributed by atoms with Crippen LogP contribution in [-0.4, -0.2) is 15.1 Å². The van der Waals surface area contributed by atoms with Crippen molar-refractivity contribution in [2.45, 2.75) is 19.4 Å². The van der Waals surface area contributed by atoms with E-state index in [0.29, 0.717) is 22.4 Å². The summed E-state index contributed by atoms with van der Waals surface area (Å²) in [6, 6.07) is 6.24. The molecule has 1 N–H and O–H groups in total. The Morgan fingerprint density at radius 3 is 2.75 bits per heavy atom. The maximum Gasteiger partial charge on any atom is 0.178 e. The third kappa shape index (κ3) is 2.06. The van der Waals surface area contributed by atoms with E-state index in [1.54, 1.807) is 18.2 Å². The number of halogens is 1. The summed E-state index contributed by atoms with van der Waals surface area (Å²) in [4.78, 5) is 8.28. The molecule has 102 valence electrons. The number of furan rings is 1. The van der Waals surface area contributed by atoms with Crippen LogP contribution in [0.15, 0.2) is 41.3 Å². The van der Waals surface area contributed by atoms with Gasteiger partial charge >= 0.3 is 0 Å². The number of benzene rings is 1. The molecule has 0 aliphatic carbocycles. The highest BCUT2D eigenvalue weighted by Crippen LogP contribution is 2.30. The Morgan fingerprint density at radius 1 is 1.20 bits per heavy atom. The predicted molar refractivity (Wildman–Crippen MR) is 72.4 cm³/mol. The SMILES string of the molecule is CC(C)(O)c1cc(-c2ncnc3ccoc23)ccc1F. The van der Waals surface area contributed by atoms with E-state index in [4.69, 9.17) is 4.42 Å². The fourth-order valence-corrected chi connectivity index (χ4v) is 2.14. The molecule has 1 aromatic carbocycles. The van der Waals surface area contributed by atoms with Crippen molar-refractivity contribution in [3.05, 3.63) is 48.2 Å². The summed E-state index contributed by atoms with van der Waals surface area (Å²) in [5, 5.41) is 10.0. The molecular formula is C15H13FN2O2. The lowest BCUT2D eigenvalue weighted by atomic mass is 9.95. The first-order valence-corrected chi connectivity index (χ1v) is 6.18. The van der Waals surface area contributed by atoms with Gasteiger partial charge in [0.2, 0.25) is 0 Å². The summed E-state index contributed by atoms with van der Waals surface area (Å²) < 4.78 is 19.2. The van der Waals surface area contributed by atoms with E-state index in [0.717, 1.165) is 0 Å². The van der Waals surface area contributed by atoms with Crippen molar-refractivity contribution in [3.8, 4) is 11.3 Å². The summed E-state index contributed by atoms with van der Waals surface area (Å²) in [7, 11) is 0. The fraction of sp³-hybridized carbons (Fsp3) is 0.200. The van der Waals surface area contributed by atoms with Crippen molar-refractivity contribution in [1.82, 2.24) is 9.97 Å². The van der Waals surface area contributed by atoms with Gasteiger partial charge in [-0.05, 0) is 32.0 Å². The van der Waals surface area contributed by atoms with Crippen molar-refractivity contribution < 1.29 is 13.9 Å². The standard InChI is InChI=1S/C15H13FN2O2/c1-15(2,19)10-7-9(3-4-11(10)16)13-14-12(5-6-20-14)17-8-18-13/h3-8,19H,1-2H3. The van der Waals surface area contributed by atoms with E-state index in [1.807, 2.05) is 0 Å². The molecule has 2 heterocycles. The highest BCUT2D eigenvalue weighted by molar-refractivity contribution is 5.87. The molecule has 0 bridgehead atoms. The van der Waals surface area contributed by atoms with Gasteiger partial charge in [0.1, 0.15) is 23.4 Å². The molecule has 0 saturated heterocycles. The average Bonchev–Trinajstić information content (AvgIpc) is 2.86. The number of hydrogen-bond donors (Lipinski definition) is 1. The molecule has 0 radical (unpaired) electrons. The molecule has 3 aromatic rings. The van der Waals surface area contributed by atoms with E-state index < -0.39 is 11.4 Å². The van der Waals surface area contributed by atoms with E-state index in [1.165, 1.54) is 32.5 Å². The Labute approximate surface area is 114 Å². The minimum Gasteiger partial charge on any atom is -0.460 e. The molecule has 0 aliphatic rings. The van der Waals surface area contributed by atoms with E-state index >= 15 is 0 Å². The number of fused-ring (bicyclic) bond motifs is 1. The second-order valence-electron chi connectivity index (χ2n) is 5.11. The zero-order chi connectivity index (χ0) is 14.3. The average molecular weight is 272 g/mol. The van der Waals surface area contributed by atoms with Crippen LogP contribution in [0.5, 0.6) is 0 Å². The monoisotopic (exact) mass is 272 g/mol. The Morgan fingerprint density at radius 2 is 2.00 bits per heavy atom. The lowest BCUT2D eigenvalue weighted by molar-refractivity contribution is 0.0746. The molecule has 0 saturated carbocycles. The van der Waals surface area contributed by atoms with Gasteiger partial charge < -0.3 is 9.52 Å². The van der Waals surface area contributed by atoms with Gasteiger partial charge in [0.15, 0.2) is 5.58 Å². The third-order valence-corrected chi connectivity index (χ3v) is 3.14. The molecule has 4 nitrogen and oxygen atoms in total. The van der Waals surface area contributed by atoms with Crippen molar-refractivity contribution in [1.29, 1.82) is 0 Å². The van der Waals surface area contributed by atoms with Crippen molar-refractivity contribution in [3.63, 3.8) is 0 Å². The van der Waals surface area contributed by atoms with Gasteiger partial charge in [-0.15, -0.1) is 0 Å². The molecule has 0 fully saturated rings. The summed E-state index contributed by atoms with van der Waals surface area (Å²) in [6.45, 7) is 3.08. The molecular weight excluding hydrogens is 259 g/mol. The normalized spacial score (nSPS) is 12.0. The Hall–Kier alpha value is -2.27. The minimum absolute atomic E-state index is 0.216. The Kier molecular flexibility index (Phi) is 2.79. The molecule has 0 spiro atoms. The predicted octanol–water partition coefficient (Wildman–Crippen LogP) is 3.26. The minimum atomic E-state index is -1.27. The molecule has 0 amide bonds. The van der Waals surface area contributed by atoms with Crippen LogP contribution in [-0.2, 0) is 5.60 Å². The summed E-state index contributed by atoms with van der Waals surface area (Å²) in [6.07, 6.45) is 2.96. The lowest BCUT2D eigenvalue weighted by Crippen LogP contribution is -2.17. The maximum atomic E-state index is 13.8. The second-order valence-corrected chi connectivity index (χ2v) is 5.11. The van der Waals surface area contributed by atoms with Crippen LogP contribution in [0.3, 0.4) is 0 Å². The first kappa shape index (κ1) is 12.7. The van der Waals surface area contributed by atoms with Gasteiger partial charge in [-0.3, -0.25) is 0 Å². The van der Waals surface area contributed by atoms with Crippen molar-refractivity contribution in [2.24, 2.45) is 0 Å². The third-order valence-electron chi connectivity index (χ3n) is 3.14. The topological polar surface area (TPSA) is 59.2 Å². The lowest BCUT2D eigenvalue weighted by Gasteiger charge is -2.19. The van der Waals surface area contributed by atoms with Crippen LogP contribution in [0.25, 0.3) is 22.4 Å². The highest BCUT2D eigenvalue weighted by atomic mass is 19.1. The Bertz CT molecular complexity index is 775. The number of aliphatic hydroxyl groups is 1. The molecule has 0 unspecified atom stereocenters. The number of aromatic nitrogens is 2. The summed E-state index contributed by atoms with van der Waals surface area (Å²) >= 11 is 0. The first-order chi connectivity index (χ1) is 9.47. The molecule has 3 rings (SSSR count). The zero-order valence-corrected chi connectivity index (χ0v) is 11.1. The number of rotatable bonds is 2. The van der Waals surface area contributed by atoms with Crippen molar-refractivity contribution >= 4 is 11.1 Å². The zero-order valence-electron chi connectivity index (χ0n) is 11.1. The summed E-state index contributed by atoms with van der Waals surface area (Å²) in [5.41, 5.74) is 1.42. The Balaban J connectivity index is 2.23. The second kappa shape index (κ2) is 4.38. The van der Waals surface area contributed by atoms with E-state index in [9.17, 15) is 9.50 Å². The smallest absolute Gasteiger partial charge is 0.178 e. The van der Waals surface area contributed by atoms with E-state index in [-0.39, 0.29) is 5.56 Å². The molecule has 0 atom stereocenters. The maximum absolute atomic E-state index is 13.8.